The van der Waals surface area contributed by atoms with Gasteiger partial charge in [-0.2, -0.15) is 0 Å². The van der Waals surface area contributed by atoms with Crippen molar-refractivity contribution in [1.82, 2.24) is 4.90 Å². The lowest BCUT2D eigenvalue weighted by atomic mass is 10.0. The minimum Gasteiger partial charge on any atom is -0.311 e. The topological polar surface area (TPSA) is 40.6 Å². The summed E-state index contributed by atoms with van der Waals surface area (Å²) in [5, 5.41) is 0.528. The SMILES string of the molecule is Cc1cccc(CN2C(=O)C3(SCCN3C(=O)c3ccc(Cl)cc3)c3cc(F)ccc32)c1. The van der Waals surface area contributed by atoms with Gasteiger partial charge in [-0.1, -0.05) is 41.4 Å². The van der Waals surface area contributed by atoms with Crippen LogP contribution >= 0.6 is 23.4 Å². The van der Waals surface area contributed by atoms with Crippen LogP contribution < -0.4 is 4.90 Å². The predicted molar refractivity (Wildman–Crippen MR) is 125 cm³/mol. The Balaban J connectivity index is 1.59. The Labute approximate surface area is 195 Å². The third-order valence-electron chi connectivity index (χ3n) is 5.91. The van der Waals surface area contributed by atoms with E-state index in [1.165, 1.54) is 23.9 Å². The highest BCUT2D eigenvalue weighted by Gasteiger charge is 2.59. The van der Waals surface area contributed by atoms with Gasteiger partial charge in [0.25, 0.3) is 11.8 Å². The Morgan fingerprint density at radius 3 is 2.66 bits per heavy atom. The van der Waals surface area contributed by atoms with Crippen molar-refractivity contribution in [2.24, 2.45) is 0 Å². The number of thioether (sulfide) groups is 1. The summed E-state index contributed by atoms with van der Waals surface area (Å²) < 4.78 is 14.4. The average molecular weight is 467 g/mol. The van der Waals surface area contributed by atoms with Gasteiger partial charge in [-0.05, 0) is 55.0 Å². The molecule has 1 spiro atoms. The number of benzene rings is 3. The number of hydrogen-bond acceptors (Lipinski definition) is 3. The van der Waals surface area contributed by atoms with Gasteiger partial charge in [-0.3, -0.25) is 9.59 Å². The molecule has 1 saturated heterocycles. The van der Waals surface area contributed by atoms with Crippen molar-refractivity contribution < 1.29 is 14.0 Å². The number of halogens is 2. The molecule has 1 unspecified atom stereocenters. The molecule has 32 heavy (non-hydrogen) atoms. The fourth-order valence-corrected chi connectivity index (χ4v) is 6.06. The number of carbonyl (C=O) groups excluding carboxylic acids is 2. The van der Waals surface area contributed by atoms with Gasteiger partial charge in [-0.25, -0.2) is 4.39 Å². The second-order valence-electron chi connectivity index (χ2n) is 8.00. The third kappa shape index (κ3) is 3.29. The third-order valence-corrected chi connectivity index (χ3v) is 7.59. The van der Waals surface area contributed by atoms with Crippen molar-refractivity contribution in [3.63, 3.8) is 0 Å². The average Bonchev–Trinajstić information content (AvgIpc) is 3.31. The number of hydrogen-bond donors (Lipinski definition) is 0. The largest absolute Gasteiger partial charge is 0.311 e. The quantitative estimate of drug-likeness (QED) is 0.520. The molecule has 0 saturated carbocycles. The monoisotopic (exact) mass is 466 g/mol. The summed E-state index contributed by atoms with van der Waals surface area (Å²) in [5.74, 6) is -0.337. The van der Waals surface area contributed by atoms with Gasteiger partial charge < -0.3 is 9.80 Å². The molecular formula is C25H20ClFN2O2S. The van der Waals surface area contributed by atoms with Gasteiger partial charge in [0.1, 0.15) is 5.82 Å². The highest BCUT2D eigenvalue weighted by Crippen LogP contribution is 2.54. The van der Waals surface area contributed by atoms with Crippen LogP contribution in [0.2, 0.25) is 5.02 Å². The highest BCUT2D eigenvalue weighted by atomic mass is 35.5. The van der Waals surface area contributed by atoms with Gasteiger partial charge in [-0.15, -0.1) is 11.8 Å². The zero-order valence-corrected chi connectivity index (χ0v) is 18.9. The van der Waals surface area contributed by atoms with Crippen molar-refractivity contribution in [3.8, 4) is 0 Å². The number of carbonyl (C=O) groups is 2. The summed E-state index contributed by atoms with van der Waals surface area (Å²) in [7, 11) is 0. The van der Waals surface area contributed by atoms with Gasteiger partial charge in [0.15, 0.2) is 4.87 Å². The number of rotatable bonds is 3. The van der Waals surface area contributed by atoms with E-state index in [1.54, 1.807) is 40.1 Å². The summed E-state index contributed by atoms with van der Waals surface area (Å²) in [6.45, 7) is 2.75. The number of nitrogens with zero attached hydrogens (tertiary/aromatic N) is 2. The van der Waals surface area contributed by atoms with Crippen molar-refractivity contribution in [1.29, 1.82) is 0 Å². The van der Waals surface area contributed by atoms with E-state index < -0.39 is 10.7 Å². The normalized spacial score (nSPS) is 19.7. The lowest BCUT2D eigenvalue weighted by Gasteiger charge is -2.33. The minimum absolute atomic E-state index is 0.218. The van der Waals surface area contributed by atoms with Gasteiger partial charge in [0, 0.05) is 28.4 Å². The predicted octanol–water partition coefficient (Wildman–Crippen LogP) is 5.38. The summed E-state index contributed by atoms with van der Waals surface area (Å²) >= 11 is 7.36. The van der Waals surface area contributed by atoms with E-state index in [0.717, 1.165) is 11.1 Å². The maximum atomic E-state index is 14.4. The molecule has 0 bridgehead atoms. The number of anilines is 1. The van der Waals surface area contributed by atoms with Crippen LogP contribution in [0.15, 0.2) is 66.7 Å². The molecule has 3 aromatic rings. The molecule has 7 heteroatoms. The van der Waals surface area contributed by atoms with Gasteiger partial charge in [0.2, 0.25) is 0 Å². The van der Waals surface area contributed by atoms with E-state index >= 15 is 0 Å². The van der Waals surface area contributed by atoms with E-state index in [0.29, 0.717) is 40.7 Å². The van der Waals surface area contributed by atoms with E-state index in [9.17, 15) is 14.0 Å². The molecule has 2 amide bonds. The molecule has 1 fully saturated rings. The lowest BCUT2D eigenvalue weighted by Crippen LogP contribution is -2.50. The molecule has 0 radical (unpaired) electrons. The van der Waals surface area contributed by atoms with E-state index in [2.05, 4.69) is 0 Å². The first-order valence-electron chi connectivity index (χ1n) is 10.3. The molecule has 0 aromatic heterocycles. The Bertz CT molecular complexity index is 1230. The number of amides is 2. The highest BCUT2D eigenvalue weighted by molar-refractivity contribution is 8.01. The van der Waals surface area contributed by atoms with Crippen LogP contribution in [-0.2, 0) is 16.2 Å². The first-order chi connectivity index (χ1) is 15.4. The van der Waals surface area contributed by atoms with Crippen molar-refractivity contribution in [3.05, 3.63) is 99.8 Å². The second-order valence-corrected chi connectivity index (χ2v) is 9.72. The summed E-state index contributed by atoms with van der Waals surface area (Å²) in [5.41, 5.74) is 3.68. The summed E-state index contributed by atoms with van der Waals surface area (Å²) in [6, 6.07) is 18.9. The van der Waals surface area contributed by atoms with E-state index in [-0.39, 0.29) is 11.8 Å². The molecule has 162 valence electrons. The molecule has 2 heterocycles. The molecule has 2 aliphatic rings. The Hall–Kier alpha value is -2.83. The van der Waals surface area contributed by atoms with Crippen LogP contribution in [0.3, 0.4) is 0 Å². The molecule has 0 aliphatic carbocycles. The van der Waals surface area contributed by atoms with Crippen LogP contribution in [0.1, 0.15) is 27.0 Å². The molecule has 4 nitrogen and oxygen atoms in total. The lowest BCUT2D eigenvalue weighted by molar-refractivity contribution is -0.123. The van der Waals surface area contributed by atoms with Crippen LogP contribution in [-0.4, -0.2) is 29.0 Å². The summed E-state index contributed by atoms with van der Waals surface area (Å²) in [6.07, 6.45) is 0. The molecular weight excluding hydrogens is 447 g/mol. The molecule has 3 aromatic carbocycles. The van der Waals surface area contributed by atoms with Crippen LogP contribution in [0, 0.1) is 12.7 Å². The van der Waals surface area contributed by atoms with Crippen molar-refractivity contribution in [2.45, 2.75) is 18.3 Å². The van der Waals surface area contributed by atoms with Gasteiger partial charge in [0.05, 0.1) is 12.2 Å². The van der Waals surface area contributed by atoms with Crippen LogP contribution in [0.5, 0.6) is 0 Å². The van der Waals surface area contributed by atoms with Crippen molar-refractivity contribution in [2.75, 3.05) is 17.2 Å². The molecule has 0 N–H and O–H groups in total. The van der Waals surface area contributed by atoms with Gasteiger partial charge >= 0.3 is 0 Å². The Morgan fingerprint density at radius 1 is 1.12 bits per heavy atom. The second kappa shape index (κ2) is 7.94. The molecule has 2 aliphatic heterocycles. The number of fused-ring (bicyclic) bond motifs is 2. The molecule has 1 atom stereocenters. The first-order valence-corrected chi connectivity index (χ1v) is 11.7. The maximum absolute atomic E-state index is 14.4. The molecule has 5 rings (SSSR count). The minimum atomic E-state index is -1.28. The summed E-state index contributed by atoms with van der Waals surface area (Å²) in [4.78, 5) is 29.4. The number of aryl methyl sites for hydroxylation is 1. The maximum Gasteiger partial charge on any atom is 0.268 e. The van der Waals surface area contributed by atoms with Crippen LogP contribution in [0.4, 0.5) is 10.1 Å². The van der Waals surface area contributed by atoms with Crippen molar-refractivity contribution >= 4 is 40.9 Å². The van der Waals surface area contributed by atoms with Crippen LogP contribution in [0.25, 0.3) is 0 Å². The standard InChI is InChI=1S/C25H20ClFN2O2S/c1-16-3-2-4-17(13-16)15-28-22-10-9-20(27)14-21(22)25(24(28)31)29(11-12-32-25)23(30)18-5-7-19(26)8-6-18/h2-10,13-14H,11-12,15H2,1H3. The zero-order valence-electron chi connectivity index (χ0n) is 17.3. The van der Waals surface area contributed by atoms with E-state index in [1.807, 2.05) is 31.2 Å². The first kappa shape index (κ1) is 21.0. The fraction of sp³-hybridized carbons (Fsp3) is 0.200. The fourth-order valence-electron chi connectivity index (χ4n) is 4.49. The zero-order chi connectivity index (χ0) is 22.5. The van der Waals surface area contributed by atoms with E-state index in [4.69, 9.17) is 11.6 Å². The Morgan fingerprint density at radius 2 is 1.91 bits per heavy atom. The Kier molecular flexibility index (Phi) is 5.22. The smallest absolute Gasteiger partial charge is 0.268 e.